The highest BCUT2D eigenvalue weighted by atomic mass is 19.3. The van der Waals surface area contributed by atoms with Gasteiger partial charge in [0.1, 0.15) is 6.04 Å². The molecule has 1 aromatic carbocycles. The number of nitrogens with one attached hydrogen (secondary N) is 4. The molecule has 35 heavy (non-hydrogen) atoms. The third-order valence-corrected chi connectivity index (χ3v) is 5.01. The zero-order valence-electron chi connectivity index (χ0n) is 18.2. The summed E-state index contributed by atoms with van der Waals surface area (Å²) in [5, 5.41) is 27.8. The molecule has 1 aromatic heterocycles. The number of likely N-dealkylation sites (tertiary alicyclic amines) is 1. The van der Waals surface area contributed by atoms with Crippen LogP contribution in [0.15, 0.2) is 30.5 Å². The fraction of sp³-hybridized carbons (Fsp3) is 0.333. The van der Waals surface area contributed by atoms with Crippen LogP contribution in [0.4, 0.5) is 29.7 Å². The second-order valence-corrected chi connectivity index (χ2v) is 7.65. The average molecular weight is 489 g/mol. The number of amides is 5. The maximum absolute atomic E-state index is 13.5. The first-order valence-electron chi connectivity index (χ1n) is 10.3. The van der Waals surface area contributed by atoms with Gasteiger partial charge in [-0.1, -0.05) is 0 Å². The molecule has 0 radical (unpaired) electrons. The van der Waals surface area contributed by atoms with Crippen LogP contribution in [-0.2, 0) is 9.59 Å². The van der Waals surface area contributed by atoms with E-state index in [2.05, 4.69) is 26.3 Å². The molecule has 0 saturated carbocycles. The zero-order valence-corrected chi connectivity index (χ0v) is 18.2. The number of pyridine rings is 1. The van der Waals surface area contributed by atoms with E-state index in [1.54, 1.807) is 18.2 Å². The standard InChI is InChI=1S/C21H21F2N7O5/c22-21(23)8-13(9-24)30(11-21)17(31)10-27-20(35)29-16-3-5-25-15-2-1-12(7-14(15)16)28-19(34)26-6-4-18(32)33/h1-3,5,7,13H,4,6,8,10-11H2,(H,32,33)(H2,26,28,34)(H2,25,27,29,35)/t13-/m0/s1. The minimum absolute atomic E-state index is 0.0633. The number of rotatable bonds is 7. The zero-order chi connectivity index (χ0) is 25.6. The highest BCUT2D eigenvalue weighted by Gasteiger charge is 2.47. The predicted molar refractivity (Wildman–Crippen MR) is 119 cm³/mol. The molecule has 1 fully saturated rings. The molecule has 2 heterocycles. The summed E-state index contributed by atoms with van der Waals surface area (Å²) in [5.41, 5.74) is 1.11. The van der Waals surface area contributed by atoms with Gasteiger partial charge in [-0.2, -0.15) is 5.26 Å². The van der Waals surface area contributed by atoms with Gasteiger partial charge in [-0.05, 0) is 24.3 Å². The van der Waals surface area contributed by atoms with Crippen LogP contribution in [0.5, 0.6) is 0 Å². The number of carboxylic acid groups (broad SMARTS) is 1. The van der Waals surface area contributed by atoms with Crippen LogP contribution in [0.1, 0.15) is 12.8 Å². The molecule has 0 unspecified atom stereocenters. The summed E-state index contributed by atoms with van der Waals surface area (Å²) in [6.45, 7) is -1.54. The number of halogens is 2. The summed E-state index contributed by atoms with van der Waals surface area (Å²) in [5.74, 6) is -5.03. The van der Waals surface area contributed by atoms with E-state index >= 15 is 0 Å². The van der Waals surface area contributed by atoms with Gasteiger partial charge in [-0.15, -0.1) is 0 Å². The normalized spacial score (nSPS) is 16.3. The Morgan fingerprint density at radius 1 is 1.17 bits per heavy atom. The molecule has 0 aliphatic carbocycles. The molecular weight excluding hydrogens is 468 g/mol. The van der Waals surface area contributed by atoms with Crippen molar-refractivity contribution in [3.05, 3.63) is 30.5 Å². The fourth-order valence-electron chi connectivity index (χ4n) is 3.41. The molecule has 12 nitrogen and oxygen atoms in total. The molecule has 1 aliphatic heterocycles. The first-order valence-corrected chi connectivity index (χ1v) is 10.3. The number of nitriles is 1. The van der Waals surface area contributed by atoms with E-state index in [0.29, 0.717) is 16.6 Å². The molecule has 0 bridgehead atoms. The molecule has 2 aromatic rings. The number of nitrogens with zero attached hydrogens (tertiary/aromatic N) is 3. The SMILES string of the molecule is N#C[C@@H]1CC(F)(F)CN1C(=O)CNC(=O)Nc1ccnc2ccc(NC(=O)NCCC(=O)O)cc12. The van der Waals surface area contributed by atoms with Gasteiger partial charge in [0.25, 0.3) is 5.92 Å². The number of aliphatic carboxylic acids is 1. The van der Waals surface area contributed by atoms with Crippen LogP contribution in [0.2, 0.25) is 0 Å². The molecule has 1 atom stereocenters. The molecule has 3 rings (SSSR count). The summed E-state index contributed by atoms with van der Waals surface area (Å²) in [7, 11) is 0. The summed E-state index contributed by atoms with van der Waals surface area (Å²) in [6, 6.07) is 5.14. The Hall–Kier alpha value is -4.54. The van der Waals surface area contributed by atoms with Gasteiger partial charge < -0.3 is 31.3 Å². The Balaban J connectivity index is 1.62. The third kappa shape index (κ3) is 6.73. The number of alkyl halides is 2. The summed E-state index contributed by atoms with van der Waals surface area (Å²) in [4.78, 5) is 51.9. The van der Waals surface area contributed by atoms with Crippen LogP contribution < -0.4 is 21.3 Å². The lowest BCUT2D eigenvalue weighted by atomic mass is 10.1. The van der Waals surface area contributed by atoms with E-state index in [0.717, 1.165) is 4.90 Å². The van der Waals surface area contributed by atoms with Gasteiger partial charge in [-0.3, -0.25) is 14.6 Å². The first-order chi connectivity index (χ1) is 16.6. The first kappa shape index (κ1) is 25.1. The van der Waals surface area contributed by atoms with E-state index in [1.807, 2.05) is 0 Å². The number of hydrogen-bond donors (Lipinski definition) is 5. The number of aromatic nitrogens is 1. The lowest BCUT2D eigenvalue weighted by Crippen LogP contribution is -2.43. The van der Waals surface area contributed by atoms with Crippen LogP contribution in [0.25, 0.3) is 10.9 Å². The summed E-state index contributed by atoms with van der Waals surface area (Å²) < 4.78 is 27.1. The maximum Gasteiger partial charge on any atom is 0.319 e. The number of fused-ring (bicyclic) bond motifs is 1. The van der Waals surface area contributed by atoms with Crippen LogP contribution in [0, 0.1) is 11.3 Å². The lowest BCUT2D eigenvalue weighted by molar-refractivity contribution is -0.136. The molecule has 1 aliphatic rings. The number of carboxylic acids is 1. The van der Waals surface area contributed by atoms with Crippen molar-refractivity contribution < 1.29 is 33.1 Å². The smallest absolute Gasteiger partial charge is 0.319 e. The van der Waals surface area contributed by atoms with E-state index in [4.69, 9.17) is 10.4 Å². The molecular formula is C21H21F2N7O5. The van der Waals surface area contributed by atoms with E-state index < -0.39 is 55.4 Å². The molecule has 14 heteroatoms. The Bertz CT molecular complexity index is 1200. The van der Waals surface area contributed by atoms with Gasteiger partial charge in [0, 0.05) is 30.2 Å². The Morgan fingerprint density at radius 2 is 1.91 bits per heavy atom. The van der Waals surface area contributed by atoms with E-state index in [9.17, 15) is 28.0 Å². The number of carbonyl (C=O) groups is 4. The van der Waals surface area contributed by atoms with Gasteiger partial charge in [-0.25, -0.2) is 18.4 Å². The van der Waals surface area contributed by atoms with Gasteiger partial charge >= 0.3 is 18.0 Å². The topological polar surface area (TPSA) is 177 Å². The van der Waals surface area contributed by atoms with Crippen molar-refractivity contribution in [2.75, 3.05) is 30.3 Å². The Labute approximate surface area is 197 Å². The van der Waals surface area contributed by atoms with Gasteiger partial charge in [0.05, 0.1) is 36.8 Å². The van der Waals surface area contributed by atoms with E-state index in [-0.39, 0.29) is 18.7 Å². The van der Waals surface area contributed by atoms with Crippen molar-refractivity contribution in [3.8, 4) is 6.07 Å². The average Bonchev–Trinajstić information content (AvgIpc) is 3.12. The molecule has 5 N–H and O–H groups in total. The maximum atomic E-state index is 13.5. The van der Waals surface area contributed by atoms with Crippen molar-refractivity contribution in [2.45, 2.75) is 24.8 Å². The Kier molecular flexibility index (Phi) is 7.59. The minimum atomic E-state index is -3.16. The largest absolute Gasteiger partial charge is 0.481 e. The summed E-state index contributed by atoms with van der Waals surface area (Å²) in [6.07, 6.45) is 0.440. The Morgan fingerprint density at radius 3 is 2.63 bits per heavy atom. The number of carbonyl (C=O) groups excluding carboxylic acids is 3. The van der Waals surface area contributed by atoms with Crippen LogP contribution in [-0.4, -0.2) is 70.5 Å². The monoisotopic (exact) mass is 489 g/mol. The third-order valence-electron chi connectivity index (χ3n) is 5.01. The highest BCUT2D eigenvalue weighted by molar-refractivity contribution is 6.03. The quantitative estimate of drug-likeness (QED) is 0.393. The predicted octanol–water partition coefficient (Wildman–Crippen LogP) is 1.71. The number of urea groups is 2. The number of benzene rings is 1. The second kappa shape index (κ2) is 10.6. The number of hydrogen-bond acceptors (Lipinski definition) is 6. The number of anilines is 2. The molecule has 5 amide bonds. The van der Waals surface area contributed by atoms with Crippen LogP contribution in [0.3, 0.4) is 0 Å². The van der Waals surface area contributed by atoms with Crippen molar-refractivity contribution >= 4 is 46.2 Å². The van der Waals surface area contributed by atoms with Crippen molar-refractivity contribution in [3.63, 3.8) is 0 Å². The van der Waals surface area contributed by atoms with E-state index in [1.165, 1.54) is 18.3 Å². The molecule has 184 valence electrons. The fourth-order valence-corrected chi connectivity index (χ4v) is 3.41. The van der Waals surface area contributed by atoms with Gasteiger partial charge in [0.2, 0.25) is 5.91 Å². The van der Waals surface area contributed by atoms with Crippen LogP contribution >= 0.6 is 0 Å². The lowest BCUT2D eigenvalue weighted by Gasteiger charge is -2.19. The van der Waals surface area contributed by atoms with Crippen molar-refractivity contribution in [1.29, 1.82) is 5.26 Å². The summed E-state index contributed by atoms with van der Waals surface area (Å²) >= 11 is 0. The highest BCUT2D eigenvalue weighted by Crippen LogP contribution is 2.31. The van der Waals surface area contributed by atoms with Crippen molar-refractivity contribution in [1.82, 2.24) is 20.5 Å². The van der Waals surface area contributed by atoms with Gasteiger partial charge in [0.15, 0.2) is 0 Å². The minimum Gasteiger partial charge on any atom is -0.481 e. The molecule has 1 saturated heterocycles. The molecule has 0 spiro atoms. The van der Waals surface area contributed by atoms with Crippen molar-refractivity contribution in [2.24, 2.45) is 0 Å². The second-order valence-electron chi connectivity index (χ2n) is 7.65.